The van der Waals surface area contributed by atoms with Crippen molar-refractivity contribution >= 4 is 10.9 Å². The summed E-state index contributed by atoms with van der Waals surface area (Å²) >= 11 is 0. The lowest BCUT2D eigenvalue weighted by atomic mass is 10.0. The van der Waals surface area contributed by atoms with E-state index < -0.39 is 0 Å². The molecule has 1 aromatic heterocycles. The number of hydrogen-bond acceptors (Lipinski definition) is 3. The average molecular weight is 397 g/mol. The molecule has 2 aromatic carbocycles. The summed E-state index contributed by atoms with van der Waals surface area (Å²) < 4.78 is 19.9. The van der Waals surface area contributed by atoms with Crippen molar-refractivity contribution < 1.29 is 14.2 Å². The summed E-state index contributed by atoms with van der Waals surface area (Å²) in [7, 11) is 0. The van der Waals surface area contributed by atoms with Crippen LogP contribution in [0.4, 0.5) is 4.39 Å². The van der Waals surface area contributed by atoms with E-state index in [0.717, 1.165) is 53.7 Å². The largest absolute Gasteiger partial charge is 0.493 e. The number of aromatic amines is 1. The highest BCUT2D eigenvalue weighted by Gasteiger charge is 2.24. The molecule has 1 atom stereocenters. The third-order valence-corrected chi connectivity index (χ3v) is 5.55. The fourth-order valence-corrected chi connectivity index (χ4v) is 4.06. The molecule has 154 valence electrons. The maximum Gasteiger partial charge on any atom is 0.127 e. The number of benzene rings is 2. The summed E-state index contributed by atoms with van der Waals surface area (Å²) in [5, 5.41) is 10.6. The quantitative estimate of drug-likeness (QED) is 0.593. The van der Waals surface area contributed by atoms with Crippen LogP contribution in [0.15, 0.2) is 42.5 Å². The van der Waals surface area contributed by atoms with Crippen LogP contribution in [0, 0.1) is 11.7 Å². The molecule has 0 saturated carbocycles. The minimum Gasteiger partial charge on any atom is -0.493 e. The predicted molar refractivity (Wildman–Crippen MR) is 115 cm³/mol. The lowest BCUT2D eigenvalue weighted by Crippen LogP contribution is -2.31. The molecule has 0 spiro atoms. The van der Waals surface area contributed by atoms with E-state index >= 15 is 0 Å². The van der Waals surface area contributed by atoms with Gasteiger partial charge in [0, 0.05) is 35.2 Å². The van der Waals surface area contributed by atoms with Crippen molar-refractivity contribution in [3.05, 3.63) is 54.0 Å². The van der Waals surface area contributed by atoms with Gasteiger partial charge in [-0.15, -0.1) is 0 Å². The number of aliphatic hydroxyl groups is 1. The predicted octanol–water partition coefficient (Wildman–Crippen LogP) is 4.97. The van der Waals surface area contributed by atoms with Gasteiger partial charge in [-0.3, -0.25) is 4.90 Å². The highest BCUT2D eigenvalue weighted by atomic mass is 19.1. The van der Waals surface area contributed by atoms with Crippen LogP contribution in [-0.4, -0.2) is 40.8 Å². The van der Waals surface area contributed by atoms with Gasteiger partial charge in [0.1, 0.15) is 11.6 Å². The molecule has 0 bridgehead atoms. The highest BCUT2D eigenvalue weighted by Crippen LogP contribution is 2.30. The Bertz CT molecular complexity index is 982. The Labute approximate surface area is 171 Å². The van der Waals surface area contributed by atoms with E-state index in [1.54, 1.807) is 6.07 Å². The van der Waals surface area contributed by atoms with Gasteiger partial charge in [0.2, 0.25) is 0 Å². The second-order valence-electron chi connectivity index (χ2n) is 8.43. The lowest BCUT2D eigenvalue weighted by molar-refractivity contribution is 0.152. The summed E-state index contributed by atoms with van der Waals surface area (Å²) in [6.45, 7) is 6.75. The zero-order chi connectivity index (χ0) is 20.4. The number of nitrogens with one attached hydrogen (secondary N) is 1. The van der Waals surface area contributed by atoms with E-state index in [9.17, 15) is 9.50 Å². The Morgan fingerprint density at radius 3 is 2.83 bits per heavy atom. The van der Waals surface area contributed by atoms with E-state index in [-0.39, 0.29) is 18.5 Å². The number of rotatable bonds is 7. The number of hydrogen-bond donors (Lipinski definition) is 2. The molecule has 0 unspecified atom stereocenters. The first-order valence-corrected chi connectivity index (χ1v) is 10.4. The first kappa shape index (κ1) is 19.9. The Kier molecular flexibility index (Phi) is 5.88. The first-order chi connectivity index (χ1) is 14.0. The monoisotopic (exact) mass is 396 g/mol. The van der Waals surface area contributed by atoms with Crippen LogP contribution in [-0.2, 0) is 6.54 Å². The molecule has 0 amide bonds. The van der Waals surface area contributed by atoms with Gasteiger partial charge in [-0.05, 0) is 66.8 Å². The number of aromatic nitrogens is 1. The van der Waals surface area contributed by atoms with Crippen molar-refractivity contribution in [2.75, 3.05) is 19.8 Å². The standard InChI is InChI=1S/C24H29FN2O2/c1-16(2)15-29-23-11-18(9-20(25)12-23)17-5-6-24-19(8-17)10-21(26-24)13-27-7-3-4-22(27)14-28/h5-6,8-12,16,22,26,28H,3-4,7,13-15H2,1-2H3/t22-/m1/s1. The number of ether oxygens (including phenoxy) is 1. The van der Waals surface area contributed by atoms with Crippen molar-refractivity contribution in [2.24, 2.45) is 5.92 Å². The molecule has 0 aliphatic carbocycles. The lowest BCUT2D eigenvalue weighted by Gasteiger charge is -2.21. The minimum atomic E-state index is -0.291. The number of nitrogens with zero attached hydrogens (tertiary/aromatic N) is 1. The fraction of sp³-hybridized carbons (Fsp3) is 0.417. The Balaban J connectivity index is 1.57. The van der Waals surface area contributed by atoms with Gasteiger partial charge in [0.05, 0.1) is 13.2 Å². The molecule has 3 aromatic rings. The van der Waals surface area contributed by atoms with Crippen LogP contribution in [0.25, 0.3) is 22.0 Å². The summed E-state index contributed by atoms with van der Waals surface area (Å²) in [5.74, 6) is 0.658. The molecule has 2 heterocycles. The topological polar surface area (TPSA) is 48.5 Å². The molecule has 4 rings (SSSR count). The molecule has 5 heteroatoms. The Morgan fingerprint density at radius 2 is 2.03 bits per heavy atom. The number of aliphatic hydroxyl groups excluding tert-OH is 1. The maximum atomic E-state index is 14.1. The van der Waals surface area contributed by atoms with Gasteiger partial charge >= 0.3 is 0 Å². The van der Waals surface area contributed by atoms with Gasteiger partial charge in [-0.2, -0.15) is 0 Å². The summed E-state index contributed by atoms with van der Waals surface area (Å²) in [6, 6.07) is 13.4. The number of halogens is 1. The fourth-order valence-electron chi connectivity index (χ4n) is 4.06. The van der Waals surface area contributed by atoms with E-state index in [1.165, 1.54) is 6.07 Å². The SMILES string of the molecule is CC(C)COc1cc(F)cc(-c2ccc3[nH]c(CN4CCC[C@@H]4CO)cc3c2)c1. The van der Waals surface area contributed by atoms with Crippen molar-refractivity contribution in [1.82, 2.24) is 9.88 Å². The van der Waals surface area contributed by atoms with Gasteiger partial charge in [-0.25, -0.2) is 4.39 Å². The molecule has 0 radical (unpaired) electrons. The maximum absolute atomic E-state index is 14.1. The van der Waals surface area contributed by atoms with Crippen LogP contribution in [0.3, 0.4) is 0 Å². The zero-order valence-electron chi connectivity index (χ0n) is 17.1. The number of likely N-dealkylation sites (tertiary alicyclic amines) is 1. The molecular weight excluding hydrogens is 367 g/mol. The first-order valence-electron chi connectivity index (χ1n) is 10.4. The van der Waals surface area contributed by atoms with Crippen molar-refractivity contribution in [3.63, 3.8) is 0 Å². The number of fused-ring (bicyclic) bond motifs is 1. The van der Waals surface area contributed by atoms with Crippen LogP contribution >= 0.6 is 0 Å². The second kappa shape index (κ2) is 8.56. The molecule has 29 heavy (non-hydrogen) atoms. The van der Waals surface area contributed by atoms with Crippen LogP contribution in [0.5, 0.6) is 5.75 Å². The third kappa shape index (κ3) is 4.62. The van der Waals surface area contributed by atoms with Crippen LogP contribution in [0.2, 0.25) is 0 Å². The van der Waals surface area contributed by atoms with E-state index in [0.29, 0.717) is 18.3 Å². The van der Waals surface area contributed by atoms with E-state index in [4.69, 9.17) is 4.74 Å². The molecule has 2 N–H and O–H groups in total. The van der Waals surface area contributed by atoms with Crippen molar-refractivity contribution in [2.45, 2.75) is 39.3 Å². The number of H-pyrrole nitrogens is 1. The molecular formula is C24H29FN2O2. The zero-order valence-corrected chi connectivity index (χ0v) is 17.1. The summed E-state index contributed by atoms with van der Waals surface area (Å²) in [5.41, 5.74) is 3.98. The van der Waals surface area contributed by atoms with Crippen LogP contribution in [0.1, 0.15) is 32.4 Å². The normalized spacial score (nSPS) is 17.5. The van der Waals surface area contributed by atoms with Gasteiger partial charge < -0.3 is 14.8 Å². The smallest absolute Gasteiger partial charge is 0.127 e. The molecule has 1 aliphatic heterocycles. The average Bonchev–Trinajstić information content (AvgIpc) is 3.31. The van der Waals surface area contributed by atoms with E-state index in [2.05, 4.69) is 35.9 Å². The van der Waals surface area contributed by atoms with Gasteiger partial charge in [0.25, 0.3) is 0 Å². The van der Waals surface area contributed by atoms with Gasteiger partial charge in [0.15, 0.2) is 0 Å². The highest BCUT2D eigenvalue weighted by molar-refractivity contribution is 5.86. The molecule has 1 fully saturated rings. The third-order valence-electron chi connectivity index (χ3n) is 5.55. The second-order valence-corrected chi connectivity index (χ2v) is 8.43. The summed E-state index contributed by atoms with van der Waals surface area (Å²) in [4.78, 5) is 5.81. The molecule has 1 aliphatic rings. The van der Waals surface area contributed by atoms with Crippen molar-refractivity contribution in [3.8, 4) is 16.9 Å². The summed E-state index contributed by atoms with van der Waals surface area (Å²) in [6.07, 6.45) is 2.19. The van der Waals surface area contributed by atoms with Crippen molar-refractivity contribution in [1.29, 1.82) is 0 Å². The minimum absolute atomic E-state index is 0.213. The Morgan fingerprint density at radius 1 is 1.17 bits per heavy atom. The van der Waals surface area contributed by atoms with E-state index in [1.807, 2.05) is 18.2 Å². The van der Waals surface area contributed by atoms with Crippen LogP contribution < -0.4 is 4.74 Å². The molecule has 1 saturated heterocycles. The van der Waals surface area contributed by atoms with Gasteiger partial charge in [-0.1, -0.05) is 19.9 Å². The Hall–Kier alpha value is -2.37. The molecule has 4 nitrogen and oxygen atoms in total.